The molecule has 164 valence electrons. The van der Waals surface area contributed by atoms with Gasteiger partial charge in [-0.15, -0.1) is 0 Å². The molecule has 0 saturated heterocycles. The number of benzene rings is 2. The molecule has 0 radical (unpaired) electrons. The van der Waals surface area contributed by atoms with Crippen LogP contribution in [0.1, 0.15) is 11.4 Å². The highest BCUT2D eigenvalue weighted by molar-refractivity contribution is 6.00. The summed E-state index contributed by atoms with van der Waals surface area (Å²) in [5, 5.41) is 11.4. The third-order valence-electron chi connectivity index (χ3n) is 4.42. The van der Waals surface area contributed by atoms with E-state index in [1.54, 1.807) is 62.4 Å². The predicted molar refractivity (Wildman–Crippen MR) is 122 cm³/mol. The van der Waals surface area contributed by atoms with E-state index in [2.05, 4.69) is 20.8 Å². The van der Waals surface area contributed by atoms with E-state index in [4.69, 9.17) is 4.79 Å². The summed E-state index contributed by atoms with van der Waals surface area (Å²) in [6, 6.07) is 16.4. The third kappa shape index (κ3) is 4.93. The number of nitrogens with zero attached hydrogens (tertiary/aromatic N) is 2. The molecule has 4 aromatic rings. The van der Waals surface area contributed by atoms with Gasteiger partial charge in [-0.25, -0.2) is 14.2 Å². The van der Waals surface area contributed by atoms with E-state index in [9.17, 15) is 14.4 Å². The van der Waals surface area contributed by atoms with Crippen molar-refractivity contribution in [2.24, 2.45) is 0 Å². The van der Waals surface area contributed by atoms with Crippen LogP contribution in [0.3, 0.4) is 0 Å². The van der Waals surface area contributed by atoms with Crippen molar-refractivity contribution in [3.05, 3.63) is 92.8 Å². The molecule has 32 heavy (non-hydrogen) atoms. The van der Waals surface area contributed by atoms with Crippen molar-refractivity contribution < 1.29 is 9.59 Å². The Labute approximate surface area is 182 Å². The molecule has 2 heterocycles. The normalized spacial score (nSPS) is 10.2. The molecule has 10 nitrogen and oxygen atoms in total. The van der Waals surface area contributed by atoms with E-state index in [1.807, 2.05) is 6.79 Å². The van der Waals surface area contributed by atoms with E-state index >= 15 is 0 Å². The van der Waals surface area contributed by atoms with Crippen molar-refractivity contribution >= 4 is 24.2 Å². The fourth-order valence-corrected chi connectivity index (χ4v) is 3.15. The SMILES string of the molecule is C=O.Cc1cc(=O)n(-c2cccc(NC(=O)Nc3cccc(-n4[nH]c(C)cc4=O)c3)c2)[nH]1. The van der Waals surface area contributed by atoms with Crippen LogP contribution in [0, 0.1) is 13.8 Å². The van der Waals surface area contributed by atoms with Crippen LogP contribution in [0.15, 0.2) is 70.3 Å². The van der Waals surface area contributed by atoms with Crippen LogP contribution < -0.4 is 21.8 Å². The van der Waals surface area contributed by atoms with Gasteiger partial charge in [-0.2, -0.15) is 0 Å². The number of nitrogens with one attached hydrogen (secondary N) is 4. The van der Waals surface area contributed by atoms with Gasteiger partial charge in [-0.3, -0.25) is 19.8 Å². The number of rotatable bonds is 4. The van der Waals surface area contributed by atoms with Crippen LogP contribution in [0.2, 0.25) is 0 Å². The van der Waals surface area contributed by atoms with Gasteiger partial charge in [0.1, 0.15) is 6.79 Å². The third-order valence-corrected chi connectivity index (χ3v) is 4.42. The first-order valence-corrected chi connectivity index (χ1v) is 9.54. The molecule has 2 aromatic carbocycles. The Morgan fingerprint density at radius 3 is 1.50 bits per heavy atom. The molecule has 0 aliphatic rings. The number of anilines is 2. The van der Waals surface area contributed by atoms with Crippen molar-refractivity contribution in [2.45, 2.75) is 13.8 Å². The van der Waals surface area contributed by atoms with Crippen molar-refractivity contribution in [1.29, 1.82) is 0 Å². The summed E-state index contributed by atoms with van der Waals surface area (Å²) >= 11 is 0. The van der Waals surface area contributed by atoms with Gasteiger partial charge < -0.3 is 15.4 Å². The number of hydrogen-bond donors (Lipinski definition) is 4. The van der Waals surface area contributed by atoms with Gasteiger partial charge >= 0.3 is 6.03 Å². The maximum Gasteiger partial charge on any atom is 0.323 e. The van der Waals surface area contributed by atoms with Crippen molar-refractivity contribution in [1.82, 2.24) is 19.6 Å². The van der Waals surface area contributed by atoms with Gasteiger partial charge in [0, 0.05) is 34.9 Å². The standard InChI is InChI=1S/C21H20N6O3.CH2O/c1-13-9-19(28)26(24-13)17-7-3-5-15(11-17)22-21(30)23-16-6-4-8-18(12-16)27-20(29)10-14(2)25-27;1-2/h3-12,24-25H,1-2H3,(H2,22,23,30);1H2. The minimum absolute atomic E-state index is 0.180. The van der Waals surface area contributed by atoms with Gasteiger partial charge in [0.25, 0.3) is 11.1 Å². The van der Waals surface area contributed by atoms with Crippen molar-refractivity contribution in [3.63, 3.8) is 0 Å². The Bertz CT molecular complexity index is 1260. The van der Waals surface area contributed by atoms with Crippen LogP contribution in [0.25, 0.3) is 11.4 Å². The zero-order valence-corrected chi connectivity index (χ0v) is 17.5. The first-order chi connectivity index (χ1) is 15.4. The van der Waals surface area contributed by atoms with Gasteiger partial charge in [0.2, 0.25) is 0 Å². The number of carbonyl (C=O) groups is 2. The molecule has 2 aromatic heterocycles. The zero-order chi connectivity index (χ0) is 23.3. The summed E-state index contributed by atoms with van der Waals surface area (Å²) in [6.07, 6.45) is 0. The summed E-state index contributed by atoms with van der Waals surface area (Å²) in [5.41, 5.74) is 3.39. The Hall–Kier alpha value is -4.60. The summed E-state index contributed by atoms with van der Waals surface area (Å²) in [6.45, 7) is 5.59. The van der Waals surface area contributed by atoms with E-state index < -0.39 is 6.03 Å². The van der Waals surface area contributed by atoms with Crippen molar-refractivity contribution in [3.8, 4) is 11.4 Å². The van der Waals surface area contributed by atoms with E-state index in [0.29, 0.717) is 22.7 Å². The minimum Gasteiger partial charge on any atom is -0.308 e. The lowest BCUT2D eigenvalue weighted by Crippen LogP contribution is -2.20. The number of carbonyl (C=O) groups excluding carboxylic acids is 2. The van der Waals surface area contributed by atoms with Crippen LogP contribution in [-0.4, -0.2) is 32.4 Å². The van der Waals surface area contributed by atoms with Gasteiger partial charge in [-0.05, 0) is 50.2 Å². The van der Waals surface area contributed by atoms with Crippen LogP contribution in [0.5, 0.6) is 0 Å². The van der Waals surface area contributed by atoms with Gasteiger partial charge in [0.05, 0.1) is 11.4 Å². The molecule has 0 spiro atoms. The fourth-order valence-electron chi connectivity index (χ4n) is 3.15. The maximum absolute atomic E-state index is 12.4. The molecule has 4 N–H and O–H groups in total. The second-order valence-corrected chi connectivity index (χ2v) is 6.91. The quantitative estimate of drug-likeness (QED) is 0.393. The van der Waals surface area contributed by atoms with Crippen LogP contribution in [0.4, 0.5) is 16.2 Å². The molecule has 0 saturated carbocycles. The molecular formula is C22H22N6O4. The second kappa shape index (κ2) is 9.47. The number of hydrogen-bond acceptors (Lipinski definition) is 4. The molecule has 2 amide bonds. The Morgan fingerprint density at radius 2 is 1.16 bits per heavy atom. The number of urea groups is 1. The first-order valence-electron chi connectivity index (χ1n) is 9.54. The number of aromatic nitrogens is 4. The molecule has 10 heteroatoms. The lowest BCUT2D eigenvalue weighted by atomic mass is 10.2. The second-order valence-electron chi connectivity index (χ2n) is 6.91. The number of aromatic amines is 2. The average molecular weight is 434 g/mol. The Balaban J connectivity index is 0.00000141. The summed E-state index contributed by atoms with van der Waals surface area (Å²) < 4.78 is 2.80. The Morgan fingerprint density at radius 1 is 0.750 bits per heavy atom. The molecule has 0 atom stereocenters. The lowest BCUT2D eigenvalue weighted by molar-refractivity contribution is -0.0980. The molecule has 0 unspecified atom stereocenters. The van der Waals surface area contributed by atoms with Gasteiger partial charge in [-0.1, -0.05) is 12.1 Å². The molecule has 0 aliphatic carbocycles. The Kier molecular flexibility index (Phi) is 6.54. The summed E-state index contributed by atoms with van der Waals surface area (Å²) in [4.78, 5) is 44.4. The molecular weight excluding hydrogens is 412 g/mol. The van der Waals surface area contributed by atoms with Crippen LogP contribution >= 0.6 is 0 Å². The predicted octanol–water partition coefficient (Wildman–Crippen LogP) is 2.72. The maximum atomic E-state index is 12.4. The zero-order valence-electron chi connectivity index (χ0n) is 17.5. The molecule has 4 rings (SSSR count). The highest BCUT2D eigenvalue weighted by Crippen LogP contribution is 2.16. The van der Waals surface area contributed by atoms with Crippen molar-refractivity contribution in [2.75, 3.05) is 10.6 Å². The van der Waals surface area contributed by atoms with E-state index in [0.717, 1.165) is 11.4 Å². The van der Waals surface area contributed by atoms with E-state index in [-0.39, 0.29) is 11.1 Å². The average Bonchev–Trinajstić information content (AvgIpc) is 3.29. The molecule has 0 bridgehead atoms. The first kappa shape index (κ1) is 22.1. The number of aryl methyl sites for hydroxylation is 2. The number of H-pyrrole nitrogens is 2. The van der Waals surface area contributed by atoms with E-state index in [1.165, 1.54) is 21.5 Å². The smallest absolute Gasteiger partial charge is 0.308 e. The topological polar surface area (TPSA) is 134 Å². The summed E-state index contributed by atoms with van der Waals surface area (Å²) in [5.74, 6) is 0. The highest BCUT2D eigenvalue weighted by atomic mass is 16.2. The lowest BCUT2D eigenvalue weighted by Gasteiger charge is -2.10. The number of amides is 2. The van der Waals surface area contributed by atoms with Crippen LogP contribution in [-0.2, 0) is 4.79 Å². The largest absolute Gasteiger partial charge is 0.323 e. The molecule has 0 aliphatic heterocycles. The van der Waals surface area contributed by atoms with Gasteiger partial charge in [0.15, 0.2) is 0 Å². The minimum atomic E-state index is -0.450. The fraction of sp³-hybridized carbons (Fsp3) is 0.0909. The highest BCUT2D eigenvalue weighted by Gasteiger charge is 2.08. The monoisotopic (exact) mass is 434 g/mol. The summed E-state index contributed by atoms with van der Waals surface area (Å²) in [7, 11) is 0. The molecule has 0 fully saturated rings.